The molecule has 2 rings (SSSR count). The molecule has 0 atom stereocenters. The lowest BCUT2D eigenvalue weighted by Crippen LogP contribution is -2.05. The van der Waals surface area contributed by atoms with Gasteiger partial charge in [-0.25, -0.2) is 0 Å². The zero-order chi connectivity index (χ0) is 13.0. The summed E-state index contributed by atoms with van der Waals surface area (Å²) >= 11 is 10.8. The van der Waals surface area contributed by atoms with Crippen molar-refractivity contribution in [2.45, 2.75) is 6.42 Å². The Kier molecular flexibility index (Phi) is 4.65. The molecule has 0 aliphatic heterocycles. The summed E-state index contributed by atoms with van der Waals surface area (Å²) < 4.78 is 1.72. The zero-order valence-corrected chi connectivity index (χ0v) is 12.6. The fraction of sp³-hybridized carbons (Fsp3) is 0.154. The lowest BCUT2D eigenvalue weighted by atomic mass is 10.2. The molecule has 5 heteroatoms. The minimum atomic E-state index is 0.647. The molecule has 0 amide bonds. The van der Waals surface area contributed by atoms with Crippen LogP contribution in [0.5, 0.6) is 0 Å². The molecular weight excluding hydrogens is 332 g/mol. The fourth-order valence-corrected chi connectivity index (χ4v) is 3.02. The van der Waals surface area contributed by atoms with Crippen LogP contribution in [0.3, 0.4) is 0 Å². The highest BCUT2D eigenvalue weighted by Crippen LogP contribution is 2.23. The molecule has 0 unspecified atom stereocenters. The van der Waals surface area contributed by atoms with Gasteiger partial charge in [-0.15, -0.1) is 11.3 Å². The predicted octanol–water partition coefficient (Wildman–Crippen LogP) is 4.69. The monoisotopic (exact) mass is 340 g/mol. The van der Waals surface area contributed by atoms with Gasteiger partial charge in [0.1, 0.15) is 6.07 Å². The number of benzene rings is 1. The third-order valence-corrected chi connectivity index (χ3v) is 4.20. The van der Waals surface area contributed by atoms with Gasteiger partial charge in [-0.1, -0.05) is 27.5 Å². The lowest BCUT2D eigenvalue weighted by molar-refractivity contribution is 1.04. The van der Waals surface area contributed by atoms with Crippen molar-refractivity contribution >= 4 is 44.6 Å². The smallest absolute Gasteiger partial charge is 0.101 e. The van der Waals surface area contributed by atoms with E-state index >= 15 is 0 Å². The number of nitrogens with zero attached hydrogens (tertiary/aromatic N) is 1. The second kappa shape index (κ2) is 6.24. The Labute approximate surface area is 123 Å². The highest BCUT2D eigenvalue weighted by atomic mass is 79.9. The van der Waals surface area contributed by atoms with Crippen LogP contribution in [0.15, 0.2) is 34.8 Å². The van der Waals surface area contributed by atoms with Crippen LogP contribution in [0, 0.1) is 11.3 Å². The molecule has 1 heterocycles. The molecule has 0 spiro atoms. The van der Waals surface area contributed by atoms with Gasteiger partial charge >= 0.3 is 0 Å². The first-order chi connectivity index (χ1) is 8.69. The van der Waals surface area contributed by atoms with Crippen molar-refractivity contribution < 1.29 is 0 Å². The van der Waals surface area contributed by atoms with Crippen LogP contribution in [0.25, 0.3) is 0 Å². The van der Waals surface area contributed by atoms with Crippen molar-refractivity contribution in [2.24, 2.45) is 0 Å². The van der Waals surface area contributed by atoms with E-state index in [2.05, 4.69) is 27.3 Å². The Morgan fingerprint density at radius 3 is 2.83 bits per heavy atom. The highest BCUT2D eigenvalue weighted by Gasteiger charge is 2.03. The third-order valence-electron chi connectivity index (χ3n) is 2.42. The molecule has 1 aromatic carbocycles. The summed E-state index contributed by atoms with van der Waals surface area (Å²) in [7, 11) is 0. The number of halogens is 2. The van der Waals surface area contributed by atoms with E-state index < -0.39 is 0 Å². The summed E-state index contributed by atoms with van der Waals surface area (Å²) in [4.78, 5) is 1.24. The molecule has 0 radical (unpaired) electrons. The van der Waals surface area contributed by atoms with Gasteiger partial charge in [0.05, 0.1) is 15.6 Å². The standard InChI is InChI=1S/C13H10BrClN2S/c14-10-1-3-12(9(7-10)8-16)17-6-5-11-2-4-13(15)18-11/h1-4,7,17H,5-6H2. The summed E-state index contributed by atoms with van der Waals surface area (Å²) in [6.45, 7) is 0.785. The predicted molar refractivity (Wildman–Crippen MR) is 80.4 cm³/mol. The van der Waals surface area contributed by atoms with Crippen molar-refractivity contribution in [2.75, 3.05) is 11.9 Å². The molecular formula is C13H10BrClN2S. The first kappa shape index (κ1) is 13.4. The van der Waals surface area contributed by atoms with Crippen molar-refractivity contribution in [3.63, 3.8) is 0 Å². The summed E-state index contributed by atoms with van der Waals surface area (Å²) in [6, 6.07) is 11.8. The molecule has 18 heavy (non-hydrogen) atoms. The number of anilines is 1. The van der Waals surface area contributed by atoms with Gasteiger partial charge in [-0.05, 0) is 36.8 Å². The summed E-state index contributed by atoms with van der Waals surface area (Å²) in [5.74, 6) is 0. The van der Waals surface area contributed by atoms with E-state index in [1.807, 2.05) is 30.3 Å². The quantitative estimate of drug-likeness (QED) is 0.875. The Morgan fingerprint density at radius 1 is 1.33 bits per heavy atom. The second-order valence-electron chi connectivity index (χ2n) is 3.68. The first-order valence-electron chi connectivity index (χ1n) is 5.37. The van der Waals surface area contributed by atoms with Crippen LogP contribution in [0.1, 0.15) is 10.4 Å². The van der Waals surface area contributed by atoms with Gasteiger partial charge in [0.25, 0.3) is 0 Å². The maximum atomic E-state index is 9.04. The Balaban J connectivity index is 1.96. The molecule has 0 saturated carbocycles. The SMILES string of the molecule is N#Cc1cc(Br)ccc1NCCc1ccc(Cl)s1. The molecule has 2 aromatic rings. The average molecular weight is 342 g/mol. The molecule has 0 saturated heterocycles. The largest absolute Gasteiger partial charge is 0.384 e. The number of hydrogen-bond donors (Lipinski definition) is 1. The topological polar surface area (TPSA) is 35.8 Å². The second-order valence-corrected chi connectivity index (χ2v) is 6.40. The lowest BCUT2D eigenvalue weighted by Gasteiger charge is -2.07. The fourth-order valence-electron chi connectivity index (χ4n) is 1.57. The number of thiophene rings is 1. The maximum absolute atomic E-state index is 9.04. The minimum absolute atomic E-state index is 0.647. The van der Waals surface area contributed by atoms with E-state index in [4.69, 9.17) is 16.9 Å². The number of hydrogen-bond acceptors (Lipinski definition) is 3. The molecule has 0 fully saturated rings. The molecule has 0 aliphatic rings. The van der Waals surface area contributed by atoms with E-state index in [0.717, 1.165) is 27.5 Å². The van der Waals surface area contributed by atoms with Crippen molar-refractivity contribution in [3.05, 3.63) is 49.6 Å². The van der Waals surface area contributed by atoms with E-state index in [0.29, 0.717) is 5.56 Å². The molecule has 1 N–H and O–H groups in total. The van der Waals surface area contributed by atoms with Gasteiger partial charge in [0, 0.05) is 15.9 Å². The van der Waals surface area contributed by atoms with E-state index in [-0.39, 0.29) is 0 Å². The molecule has 0 bridgehead atoms. The van der Waals surface area contributed by atoms with Crippen LogP contribution in [0.4, 0.5) is 5.69 Å². The summed E-state index contributed by atoms with van der Waals surface area (Å²) in [5.41, 5.74) is 1.51. The van der Waals surface area contributed by atoms with Gasteiger partial charge in [0.2, 0.25) is 0 Å². The van der Waals surface area contributed by atoms with Crippen LogP contribution in [0.2, 0.25) is 4.34 Å². The van der Waals surface area contributed by atoms with Gasteiger partial charge < -0.3 is 5.32 Å². The molecule has 92 valence electrons. The van der Waals surface area contributed by atoms with Crippen molar-refractivity contribution in [1.29, 1.82) is 5.26 Å². The van der Waals surface area contributed by atoms with E-state index in [1.54, 1.807) is 11.3 Å². The van der Waals surface area contributed by atoms with Crippen LogP contribution >= 0.6 is 38.9 Å². The highest BCUT2D eigenvalue weighted by molar-refractivity contribution is 9.10. The Hall–Kier alpha value is -1.02. The Bertz CT molecular complexity index is 589. The normalized spacial score (nSPS) is 10.1. The van der Waals surface area contributed by atoms with Gasteiger partial charge in [-0.2, -0.15) is 5.26 Å². The van der Waals surface area contributed by atoms with Crippen LogP contribution < -0.4 is 5.32 Å². The van der Waals surface area contributed by atoms with Gasteiger partial charge in [0.15, 0.2) is 0 Å². The number of nitriles is 1. The van der Waals surface area contributed by atoms with E-state index in [1.165, 1.54) is 4.88 Å². The first-order valence-corrected chi connectivity index (χ1v) is 7.35. The average Bonchev–Trinajstić information content (AvgIpc) is 2.77. The van der Waals surface area contributed by atoms with Gasteiger partial charge in [-0.3, -0.25) is 0 Å². The summed E-state index contributed by atoms with van der Waals surface area (Å²) in [5, 5.41) is 12.3. The molecule has 0 aliphatic carbocycles. The zero-order valence-electron chi connectivity index (χ0n) is 9.41. The van der Waals surface area contributed by atoms with Crippen LogP contribution in [-0.2, 0) is 6.42 Å². The number of rotatable bonds is 4. The Morgan fingerprint density at radius 2 is 2.17 bits per heavy atom. The van der Waals surface area contributed by atoms with Crippen molar-refractivity contribution in [3.8, 4) is 6.07 Å². The third kappa shape index (κ3) is 3.49. The molecule has 2 nitrogen and oxygen atoms in total. The van der Waals surface area contributed by atoms with E-state index in [9.17, 15) is 0 Å². The minimum Gasteiger partial charge on any atom is -0.384 e. The molecule has 1 aromatic heterocycles. The maximum Gasteiger partial charge on any atom is 0.101 e. The number of nitrogens with one attached hydrogen (secondary N) is 1. The summed E-state index contributed by atoms with van der Waals surface area (Å²) in [6.07, 6.45) is 0.901. The van der Waals surface area contributed by atoms with Crippen LogP contribution in [-0.4, -0.2) is 6.54 Å². The van der Waals surface area contributed by atoms with Crippen molar-refractivity contribution in [1.82, 2.24) is 0 Å².